The number of sulfonamides is 1. The van der Waals surface area contributed by atoms with Crippen LogP contribution in [0.4, 0.5) is 0 Å². The number of halogens is 1. The molecule has 1 fully saturated rings. The van der Waals surface area contributed by atoms with Gasteiger partial charge >= 0.3 is 5.97 Å². The van der Waals surface area contributed by atoms with Crippen LogP contribution in [0.2, 0.25) is 5.02 Å². The molecular weight excluding hydrogens is 410 g/mol. The molecule has 27 heavy (non-hydrogen) atoms. The number of ether oxygens (including phenoxy) is 1. The summed E-state index contributed by atoms with van der Waals surface area (Å²) in [5.74, 6) is -1.21. The number of carbonyl (C=O) groups excluding carboxylic acids is 2. The van der Waals surface area contributed by atoms with Crippen molar-refractivity contribution in [3.05, 3.63) is 51.2 Å². The zero-order valence-corrected chi connectivity index (χ0v) is 16.9. The van der Waals surface area contributed by atoms with Crippen molar-refractivity contribution in [3.63, 3.8) is 0 Å². The minimum atomic E-state index is -3.74. The van der Waals surface area contributed by atoms with Crippen LogP contribution in [-0.2, 0) is 14.8 Å². The van der Waals surface area contributed by atoms with Gasteiger partial charge in [-0.05, 0) is 55.5 Å². The van der Waals surface area contributed by atoms with Crippen LogP contribution in [0.15, 0.2) is 40.6 Å². The molecule has 2 aromatic rings. The highest BCUT2D eigenvalue weighted by Gasteiger charge is 2.33. The van der Waals surface area contributed by atoms with Crippen LogP contribution < -0.4 is 0 Å². The van der Waals surface area contributed by atoms with Gasteiger partial charge in [-0.2, -0.15) is 4.31 Å². The molecule has 1 saturated heterocycles. The second-order valence-electron chi connectivity index (χ2n) is 6.14. The summed E-state index contributed by atoms with van der Waals surface area (Å²) in [5.41, 5.74) is 0.357. The lowest BCUT2D eigenvalue weighted by Gasteiger charge is -2.16. The Morgan fingerprint density at radius 3 is 2.41 bits per heavy atom. The zero-order chi connectivity index (χ0) is 19.6. The first kappa shape index (κ1) is 20.0. The third kappa shape index (κ3) is 4.24. The van der Waals surface area contributed by atoms with Gasteiger partial charge in [0.25, 0.3) is 0 Å². The van der Waals surface area contributed by atoms with Crippen molar-refractivity contribution in [2.45, 2.75) is 30.8 Å². The molecule has 144 valence electrons. The van der Waals surface area contributed by atoms with Crippen molar-refractivity contribution in [2.75, 3.05) is 13.1 Å². The lowest BCUT2D eigenvalue weighted by Crippen LogP contribution is -2.29. The summed E-state index contributed by atoms with van der Waals surface area (Å²) in [6, 6.07) is 7.64. The predicted molar refractivity (Wildman–Crippen MR) is 103 cm³/mol. The average Bonchev–Trinajstić information content (AvgIpc) is 3.33. The van der Waals surface area contributed by atoms with Crippen LogP contribution in [-0.4, -0.2) is 43.7 Å². The maximum atomic E-state index is 12.7. The van der Waals surface area contributed by atoms with E-state index < -0.39 is 22.1 Å². The molecular formula is C18H18ClNO5S2. The van der Waals surface area contributed by atoms with E-state index in [0.717, 1.165) is 24.2 Å². The van der Waals surface area contributed by atoms with Crippen molar-refractivity contribution in [3.8, 4) is 0 Å². The first-order valence-electron chi connectivity index (χ1n) is 8.39. The number of thiophene rings is 1. The fraction of sp³-hybridized carbons (Fsp3) is 0.333. The fourth-order valence-corrected chi connectivity index (χ4v) is 5.75. The van der Waals surface area contributed by atoms with Crippen LogP contribution in [0.5, 0.6) is 0 Å². The number of hydrogen-bond donors (Lipinski definition) is 0. The quantitative estimate of drug-likeness (QED) is 0.519. The van der Waals surface area contributed by atoms with E-state index in [1.165, 1.54) is 22.7 Å². The number of benzene rings is 1. The summed E-state index contributed by atoms with van der Waals surface area (Å²) in [7, 11) is -3.74. The van der Waals surface area contributed by atoms with E-state index >= 15 is 0 Å². The molecule has 0 N–H and O–H groups in total. The number of hydrogen-bond acceptors (Lipinski definition) is 6. The number of ketones is 1. The number of carbonyl (C=O) groups is 2. The van der Waals surface area contributed by atoms with Gasteiger partial charge in [0.1, 0.15) is 9.77 Å². The number of Topliss-reactive ketones (excluding diaryl/α,β-unsaturated/α-hetero) is 1. The van der Waals surface area contributed by atoms with Gasteiger partial charge in [-0.3, -0.25) is 4.79 Å². The lowest BCUT2D eigenvalue weighted by atomic mass is 10.1. The van der Waals surface area contributed by atoms with Gasteiger partial charge in [0.2, 0.25) is 15.8 Å². The molecule has 1 aliphatic heterocycles. The Hall–Kier alpha value is -1.74. The SMILES string of the molecule is CC(OC(=O)c1sccc1S(=O)(=O)N1CCCC1)C(=O)c1ccc(Cl)cc1. The third-order valence-corrected chi connectivity index (χ3v) is 7.50. The van der Waals surface area contributed by atoms with E-state index in [1.807, 2.05) is 0 Å². The average molecular weight is 428 g/mol. The van der Waals surface area contributed by atoms with Crippen molar-refractivity contribution < 1.29 is 22.7 Å². The maximum Gasteiger partial charge on any atom is 0.350 e. The van der Waals surface area contributed by atoms with Crippen molar-refractivity contribution in [1.29, 1.82) is 0 Å². The molecule has 0 spiro atoms. The van der Waals surface area contributed by atoms with Gasteiger partial charge in [-0.25, -0.2) is 13.2 Å². The minimum Gasteiger partial charge on any atom is -0.450 e. The molecule has 0 aliphatic carbocycles. The van der Waals surface area contributed by atoms with Crippen molar-refractivity contribution in [2.24, 2.45) is 0 Å². The molecule has 6 nitrogen and oxygen atoms in total. The highest BCUT2D eigenvalue weighted by atomic mass is 35.5. The standard InChI is InChI=1S/C18H18ClNO5S2/c1-12(16(21)13-4-6-14(19)7-5-13)25-18(22)17-15(8-11-26-17)27(23,24)20-9-2-3-10-20/h4-8,11-12H,2-3,9-10H2,1H3. The Labute approximate surface area is 166 Å². The smallest absolute Gasteiger partial charge is 0.350 e. The van der Waals surface area contributed by atoms with Crippen LogP contribution in [0.3, 0.4) is 0 Å². The molecule has 1 aromatic heterocycles. The summed E-state index contributed by atoms with van der Waals surface area (Å²) < 4.78 is 32.1. The van der Waals surface area contributed by atoms with Gasteiger partial charge < -0.3 is 4.74 Å². The highest BCUT2D eigenvalue weighted by molar-refractivity contribution is 7.89. The Morgan fingerprint density at radius 2 is 1.78 bits per heavy atom. The Balaban J connectivity index is 1.76. The van der Waals surface area contributed by atoms with Gasteiger partial charge in [0.05, 0.1) is 0 Å². The maximum absolute atomic E-state index is 12.7. The van der Waals surface area contributed by atoms with Crippen LogP contribution in [0, 0.1) is 0 Å². The second-order valence-corrected chi connectivity index (χ2v) is 9.40. The van der Waals surface area contributed by atoms with Crippen LogP contribution >= 0.6 is 22.9 Å². The Kier molecular flexibility index (Phi) is 6.00. The van der Waals surface area contributed by atoms with Gasteiger partial charge in [0, 0.05) is 23.7 Å². The van der Waals surface area contributed by atoms with E-state index in [1.54, 1.807) is 24.3 Å². The van der Waals surface area contributed by atoms with Crippen LogP contribution in [0.1, 0.15) is 39.8 Å². The number of esters is 1. The summed E-state index contributed by atoms with van der Waals surface area (Å²) in [6.45, 7) is 2.34. The minimum absolute atomic E-state index is 0.0161. The molecule has 3 rings (SSSR count). The summed E-state index contributed by atoms with van der Waals surface area (Å²) in [6.07, 6.45) is 0.550. The van der Waals surface area contributed by atoms with Gasteiger partial charge in [-0.15, -0.1) is 11.3 Å². The van der Waals surface area contributed by atoms with Gasteiger partial charge in [-0.1, -0.05) is 11.6 Å². The first-order valence-corrected chi connectivity index (χ1v) is 11.1. The van der Waals surface area contributed by atoms with Crippen LogP contribution in [0.25, 0.3) is 0 Å². The Morgan fingerprint density at radius 1 is 1.15 bits per heavy atom. The fourth-order valence-electron chi connectivity index (χ4n) is 2.83. The lowest BCUT2D eigenvalue weighted by molar-refractivity contribution is 0.0320. The van der Waals surface area contributed by atoms with E-state index in [0.29, 0.717) is 23.7 Å². The molecule has 1 unspecified atom stereocenters. The van der Waals surface area contributed by atoms with Gasteiger partial charge in [0.15, 0.2) is 6.10 Å². The van der Waals surface area contributed by atoms with E-state index in [4.69, 9.17) is 16.3 Å². The van der Waals surface area contributed by atoms with Crippen molar-refractivity contribution >= 4 is 44.7 Å². The molecule has 1 aliphatic rings. The topological polar surface area (TPSA) is 80.8 Å². The second kappa shape index (κ2) is 8.10. The predicted octanol–water partition coefficient (Wildman–Crippen LogP) is 3.61. The molecule has 0 bridgehead atoms. The largest absolute Gasteiger partial charge is 0.450 e. The Bertz CT molecular complexity index is 946. The summed E-state index contributed by atoms with van der Waals surface area (Å²) in [5, 5.41) is 2.03. The monoisotopic (exact) mass is 427 g/mol. The molecule has 1 atom stereocenters. The van der Waals surface area contributed by atoms with E-state index in [9.17, 15) is 18.0 Å². The molecule has 0 saturated carbocycles. The third-order valence-electron chi connectivity index (χ3n) is 4.28. The van der Waals surface area contributed by atoms with Crippen molar-refractivity contribution in [1.82, 2.24) is 4.31 Å². The van der Waals surface area contributed by atoms with E-state index in [2.05, 4.69) is 0 Å². The first-order chi connectivity index (χ1) is 12.8. The molecule has 9 heteroatoms. The zero-order valence-electron chi connectivity index (χ0n) is 14.6. The number of nitrogens with zero attached hydrogens (tertiary/aromatic N) is 1. The highest BCUT2D eigenvalue weighted by Crippen LogP contribution is 2.28. The summed E-state index contributed by atoms with van der Waals surface area (Å²) >= 11 is 6.79. The summed E-state index contributed by atoms with van der Waals surface area (Å²) in [4.78, 5) is 24.8. The normalized spacial score (nSPS) is 16.2. The molecule has 1 aromatic carbocycles. The molecule has 2 heterocycles. The van der Waals surface area contributed by atoms with E-state index in [-0.39, 0.29) is 15.6 Å². The molecule has 0 amide bonds. The number of rotatable bonds is 6. The molecule has 0 radical (unpaired) electrons.